The molecule has 2 fully saturated rings. The largest absolute Gasteiger partial charge is 0.339 e. The molecule has 0 bridgehead atoms. The Morgan fingerprint density at radius 2 is 2.12 bits per heavy atom. The third-order valence-electron chi connectivity index (χ3n) is 4.25. The maximum Gasteiger partial charge on any atom is 0.226 e. The molecule has 1 heterocycles. The highest BCUT2D eigenvalue weighted by Crippen LogP contribution is 2.35. The minimum Gasteiger partial charge on any atom is -0.339 e. The molecule has 1 aliphatic carbocycles. The number of amides is 1. The topological polar surface area (TPSA) is 46.3 Å². The van der Waals surface area contributed by atoms with Gasteiger partial charge in [0.1, 0.15) is 0 Å². The van der Waals surface area contributed by atoms with Crippen molar-refractivity contribution in [3.05, 3.63) is 0 Å². The molecule has 2 atom stereocenters. The van der Waals surface area contributed by atoms with Gasteiger partial charge in [-0.3, -0.25) is 4.79 Å². The van der Waals surface area contributed by atoms with Crippen LogP contribution in [0, 0.1) is 11.8 Å². The van der Waals surface area contributed by atoms with Gasteiger partial charge in [-0.25, -0.2) is 0 Å². The van der Waals surface area contributed by atoms with Crippen LogP contribution in [0.4, 0.5) is 0 Å². The highest BCUT2D eigenvalue weighted by Gasteiger charge is 2.44. The summed E-state index contributed by atoms with van der Waals surface area (Å²) >= 11 is 0. The zero-order valence-electron chi connectivity index (χ0n) is 10.5. The maximum absolute atomic E-state index is 12.2. The van der Waals surface area contributed by atoms with Gasteiger partial charge < -0.3 is 10.6 Å². The standard InChI is InChI=1S/C13H24N2O/c1-3-7-13(14)8-15(9-13)12(16)11-6-4-5-10(11)2/h10-11H,3-9,14H2,1-2H3. The first-order valence-electron chi connectivity index (χ1n) is 6.63. The number of carbonyl (C=O) groups excluding carboxylic acids is 1. The van der Waals surface area contributed by atoms with E-state index >= 15 is 0 Å². The molecule has 2 rings (SSSR count). The molecule has 1 amide bonds. The van der Waals surface area contributed by atoms with E-state index in [-0.39, 0.29) is 11.5 Å². The average molecular weight is 224 g/mol. The molecular weight excluding hydrogens is 200 g/mol. The third kappa shape index (κ3) is 2.10. The summed E-state index contributed by atoms with van der Waals surface area (Å²) in [4.78, 5) is 14.2. The number of likely N-dealkylation sites (tertiary alicyclic amines) is 1. The smallest absolute Gasteiger partial charge is 0.226 e. The zero-order valence-corrected chi connectivity index (χ0v) is 10.5. The fourth-order valence-corrected chi connectivity index (χ4v) is 3.27. The number of hydrogen-bond acceptors (Lipinski definition) is 2. The highest BCUT2D eigenvalue weighted by molar-refractivity contribution is 5.80. The van der Waals surface area contributed by atoms with Crippen molar-refractivity contribution in [1.29, 1.82) is 0 Å². The summed E-state index contributed by atoms with van der Waals surface area (Å²) in [6, 6.07) is 0. The van der Waals surface area contributed by atoms with Crippen molar-refractivity contribution < 1.29 is 4.79 Å². The van der Waals surface area contributed by atoms with E-state index in [0.717, 1.165) is 32.4 Å². The monoisotopic (exact) mass is 224 g/mol. The quantitative estimate of drug-likeness (QED) is 0.794. The van der Waals surface area contributed by atoms with Crippen molar-refractivity contribution in [2.24, 2.45) is 17.6 Å². The van der Waals surface area contributed by atoms with Gasteiger partial charge in [-0.2, -0.15) is 0 Å². The zero-order chi connectivity index (χ0) is 11.8. The molecule has 0 spiro atoms. The van der Waals surface area contributed by atoms with E-state index in [1.165, 1.54) is 12.8 Å². The fraction of sp³-hybridized carbons (Fsp3) is 0.923. The molecule has 2 aliphatic rings. The van der Waals surface area contributed by atoms with Crippen LogP contribution in [0.5, 0.6) is 0 Å². The lowest BCUT2D eigenvalue weighted by atomic mass is 9.84. The lowest BCUT2D eigenvalue weighted by Crippen LogP contribution is -2.69. The molecule has 3 nitrogen and oxygen atoms in total. The molecule has 16 heavy (non-hydrogen) atoms. The molecular formula is C13H24N2O. The molecule has 3 heteroatoms. The lowest BCUT2D eigenvalue weighted by Gasteiger charge is -2.49. The van der Waals surface area contributed by atoms with E-state index in [9.17, 15) is 4.79 Å². The predicted molar refractivity (Wildman–Crippen MR) is 64.9 cm³/mol. The summed E-state index contributed by atoms with van der Waals surface area (Å²) in [6.45, 7) is 5.92. The van der Waals surface area contributed by atoms with E-state index in [4.69, 9.17) is 5.73 Å². The number of nitrogens with zero attached hydrogens (tertiary/aromatic N) is 1. The van der Waals surface area contributed by atoms with E-state index < -0.39 is 0 Å². The number of rotatable bonds is 3. The summed E-state index contributed by atoms with van der Waals surface area (Å²) in [7, 11) is 0. The van der Waals surface area contributed by atoms with Crippen LogP contribution in [0.15, 0.2) is 0 Å². The molecule has 0 aromatic heterocycles. The molecule has 92 valence electrons. The summed E-state index contributed by atoms with van der Waals surface area (Å²) in [5, 5.41) is 0. The van der Waals surface area contributed by atoms with Crippen LogP contribution in [0.1, 0.15) is 46.0 Å². The van der Waals surface area contributed by atoms with Crippen molar-refractivity contribution in [3.8, 4) is 0 Å². The molecule has 0 radical (unpaired) electrons. The van der Waals surface area contributed by atoms with Gasteiger partial charge >= 0.3 is 0 Å². The first-order valence-corrected chi connectivity index (χ1v) is 6.63. The summed E-state index contributed by atoms with van der Waals surface area (Å²) in [6.07, 6.45) is 5.67. The van der Waals surface area contributed by atoms with Crippen molar-refractivity contribution in [2.45, 2.75) is 51.5 Å². The Morgan fingerprint density at radius 3 is 2.62 bits per heavy atom. The lowest BCUT2D eigenvalue weighted by molar-refractivity contribution is -0.144. The van der Waals surface area contributed by atoms with E-state index in [2.05, 4.69) is 13.8 Å². The van der Waals surface area contributed by atoms with Crippen LogP contribution < -0.4 is 5.73 Å². The van der Waals surface area contributed by atoms with Gasteiger partial charge in [0.15, 0.2) is 0 Å². The first-order chi connectivity index (χ1) is 7.56. The van der Waals surface area contributed by atoms with Gasteiger partial charge in [0.2, 0.25) is 5.91 Å². The fourth-order valence-electron chi connectivity index (χ4n) is 3.27. The van der Waals surface area contributed by atoms with Crippen LogP contribution in [0.3, 0.4) is 0 Å². The Bertz CT molecular complexity index is 271. The van der Waals surface area contributed by atoms with Crippen LogP contribution in [0.25, 0.3) is 0 Å². The van der Waals surface area contributed by atoms with Crippen LogP contribution in [0.2, 0.25) is 0 Å². The minimum atomic E-state index is -0.0771. The van der Waals surface area contributed by atoms with Gasteiger partial charge in [-0.15, -0.1) is 0 Å². The Morgan fingerprint density at radius 1 is 1.44 bits per heavy atom. The van der Waals surface area contributed by atoms with E-state index in [1.807, 2.05) is 4.90 Å². The number of carbonyl (C=O) groups is 1. The van der Waals surface area contributed by atoms with E-state index in [0.29, 0.717) is 11.8 Å². The van der Waals surface area contributed by atoms with Gasteiger partial charge in [0.25, 0.3) is 0 Å². The van der Waals surface area contributed by atoms with Crippen molar-refractivity contribution in [1.82, 2.24) is 4.90 Å². The predicted octanol–water partition coefficient (Wildman–Crippen LogP) is 1.76. The van der Waals surface area contributed by atoms with Gasteiger partial charge in [-0.1, -0.05) is 26.7 Å². The molecule has 0 aromatic rings. The second kappa shape index (κ2) is 4.36. The Labute approximate surface area is 98.4 Å². The molecule has 1 aliphatic heterocycles. The molecule has 1 saturated heterocycles. The van der Waals surface area contributed by atoms with Crippen molar-refractivity contribution in [2.75, 3.05) is 13.1 Å². The molecule has 1 saturated carbocycles. The Kier molecular flexibility index (Phi) is 3.24. The second-order valence-corrected chi connectivity index (χ2v) is 5.82. The summed E-state index contributed by atoms with van der Waals surface area (Å²) in [5.74, 6) is 1.22. The summed E-state index contributed by atoms with van der Waals surface area (Å²) < 4.78 is 0. The molecule has 2 N–H and O–H groups in total. The molecule has 2 unspecified atom stereocenters. The highest BCUT2D eigenvalue weighted by atomic mass is 16.2. The number of hydrogen-bond donors (Lipinski definition) is 1. The minimum absolute atomic E-state index is 0.0771. The normalized spacial score (nSPS) is 32.6. The Hall–Kier alpha value is -0.570. The number of nitrogens with two attached hydrogens (primary N) is 1. The van der Waals surface area contributed by atoms with Gasteiger partial charge in [0.05, 0.1) is 5.54 Å². The SMILES string of the molecule is CCCC1(N)CN(C(=O)C2CCCC2C)C1. The second-order valence-electron chi connectivity index (χ2n) is 5.82. The van der Waals surface area contributed by atoms with Gasteiger partial charge in [0, 0.05) is 19.0 Å². The average Bonchev–Trinajstić information content (AvgIpc) is 2.60. The van der Waals surface area contributed by atoms with Crippen molar-refractivity contribution in [3.63, 3.8) is 0 Å². The molecule has 0 aromatic carbocycles. The first kappa shape index (κ1) is 11.9. The summed E-state index contributed by atoms with van der Waals surface area (Å²) in [5.41, 5.74) is 6.10. The Balaban J connectivity index is 1.85. The van der Waals surface area contributed by atoms with Gasteiger partial charge in [-0.05, 0) is 25.2 Å². The van der Waals surface area contributed by atoms with E-state index in [1.54, 1.807) is 0 Å². The van der Waals surface area contributed by atoms with Crippen LogP contribution in [-0.2, 0) is 4.79 Å². The van der Waals surface area contributed by atoms with Crippen LogP contribution in [-0.4, -0.2) is 29.4 Å². The van der Waals surface area contributed by atoms with Crippen molar-refractivity contribution >= 4 is 5.91 Å². The van der Waals surface area contributed by atoms with Crippen LogP contribution >= 0.6 is 0 Å². The maximum atomic E-state index is 12.2. The third-order valence-corrected chi connectivity index (χ3v) is 4.25.